The van der Waals surface area contributed by atoms with Gasteiger partial charge in [0.1, 0.15) is 0 Å². The average molecular weight is 224 g/mol. The van der Waals surface area contributed by atoms with Crippen LogP contribution in [0.15, 0.2) is 9.98 Å². The Morgan fingerprint density at radius 1 is 0.688 bits per heavy atom. The number of nitrogens with zero attached hydrogens (tertiary/aromatic N) is 2. The minimum Gasteiger partial charge on any atom is -0.282 e. The summed E-state index contributed by atoms with van der Waals surface area (Å²) in [6, 6.07) is 0. The molecule has 0 amide bonds. The summed E-state index contributed by atoms with van der Waals surface area (Å²) < 4.78 is 0. The Labute approximate surface area is 101 Å². The van der Waals surface area contributed by atoms with E-state index in [4.69, 9.17) is 9.98 Å². The molecule has 0 aliphatic rings. The van der Waals surface area contributed by atoms with Crippen LogP contribution in [0.25, 0.3) is 0 Å². The van der Waals surface area contributed by atoms with Crippen molar-refractivity contribution in [3.63, 3.8) is 0 Å². The molecule has 0 N–H and O–H groups in total. The lowest BCUT2D eigenvalue weighted by Crippen LogP contribution is -2.23. The fraction of sp³-hybridized carbons (Fsp3) is 0.857. The van der Waals surface area contributed by atoms with Gasteiger partial charge in [-0.05, 0) is 54.4 Å². The highest BCUT2D eigenvalue weighted by molar-refractivity contribution is 6.42. The van der Waals surface area contributed by atoms with Crippen LogP contribution in [-0.4, -0.2) is 22.5 Å². The van der Waals surface area contributed by atoms with Gasteiger partial charge in [0.05, 0.1) is 22.5 Å². The van der Waals surface area contributed by atoms with E-state index < -0.39 is 0 Å². The molecule has 0 fully saturated rings. The predicted molar refractivity (Wildman–Crippen MR) is 75.0 cm³/mol. The third-order valence-electron chi connectivity index (χ3n) is 1.94. The topological polar surface area (TPSA) is 24.7 Å². The molecule has 0 aromatic heterocycles. The summed E-state index contributed by atoms with van der Waals surface area (Å²) in [7, 11) is 0. The first-order chi connectivity index (χ1) is 7.09. The van der Waals surface area contributed by atoms with Gasteiger partial charge in [-0.2, -0.15) is 0 Å². The molecule has 0 aliphatic heterocycles. The number of hydrogen-bond acceptors (Lipinski definition) is 2. The van der Waals surface area contributed by atoms with Gasteiger partial charge >= 0.3 is 0 Å². The molecule has 0 spiro atoms. The van der Waals surface area contributed by atoms with E-state index in [0.29, 0.717) is 0 Å². The molecule has 0 radical (unpaired) electrons. The van der Waals surface area contributed by atoms with Crippen molar-refractivity contribution >= 4 is 11.4 Å². The quantitative estimate of drug-likeness (QED) is 0.639. The highest BCUT2D eigenvalue weighted by Crippen LogP contribution is 2.13. The fourth-order valence-electron chi connectivity index (χ4n) is 1.51. The lowest BCUT2D eigenvalue weighted by atomic mass is 10.0. The molecule has 0 aliphatic carbocycles. The van der Waals surface area contributed by atoms with Crippen LogP contribution in [-0.2, 0) is 0 Å². The minimum atomic E-state index is -0.0147. The van der Waals surface area contributed by atoms with Crippen LogP contribution in [0.5, 0.6) is 0 Å². The molecule has 0 aromatic rings. The third-order valence-corrected chi connectivity index (χ3v) is 1.94. The second-order valence-electron chi connectivity index (χ2n) is 6.17. The van der Waals surface area contributed by atoms with Crippen molar-refractivity contribution in [3.05, 3.63) is 0 Å². The monoisotopic (exact) mass is 224 g/mol. The molecule has 2 nitrogen and oxygen atoms in total. The van der Waals surface area contributed by atoms with E-state index in [1.165, 1.54) is 0 Å². The average Bonchev–Trinajstić information content (AvgIpc) is 2.07. The van der Waals surface area contributed by atoms with Crippen LogP contribution in [0.3, 0.4) is 0 Å². The number of aliphatic imine (C=N–C) groups is 2. The van der Waals surface area contributed by atoms with Crippen molar-refractivity contribution in [1.29, 1.82) is 0 Å². The van der Waals surface area contributed by atoms with Crippen LogP contribution in [0, 0.1) is 0 Å². The molecule has 94 valence electrons. The van der Waals surface area contributed by atoms with Crippen LogP contribution >= 0.6 is 0 Å². The Balaban J connectivity index is 5.22. The Hall–Kier alpha value is -0.660. The van der Waals surface area contributed by atoms with Crippen molar-refractivity contribution in [2.24, 2.45) is 9.98 Å². The van der Waals surface area contributed by atoms with Gasteiger partial charge in [0, 0.05) is 0 Å². The summed E-state index contributed by atoms with van der Waals surface area (Å²) in [6.45, 7) is 17.1. The largest absolute Gasteiger partial charge is 0.282 e. The van der Waals surface area contributed by atoms with E-state index in [2.05, 4.69) is 55.4 Å². The summed E-state index contributed by atoms with van der Waals surface area (Å²) >= 11 is 0. The maximum absolute atomic E-state index is 4.77. The zero-order valence-electron chi connectivity index (χ0n) is 12.3. The number of hydrogen-bond donors (Lipinski definition) is 0. The molecule has 2 heteroatoms. The molecule has 0 saturated carbocycles. The normalized spacial score (nSPS) is 15.5. The molecule has 0 rings (SSSR count). The van der Waals surface area contributed by atoms with Gasteiger partial charge in [-0.3, -0.25) is 9.98 Å². The Morgan fingerprint density at radius 3 is 1.06 bits per heavy atom. The van der Waals surface area contributed by atoms with E-state index >= 15 is 0 Å². The fourth-order valence-corrected chi connectivity index (χ4v) is 1.51. The first-order valence-electron chi connectivity index (χ1n) is 6.27. The molecule has 0 saturated heterocycles. The van der Waals surface area contributed by atoms with Gasteiger partial charge < -0.3 is 0 Å². The summed E-state index contributed by atoms with van der Waals surface area (Å²) in [5.74, 6) is 0. The van der Waals surface area contributed by atoms with Gasteiger partial charge in [0.2, 0.25) is 0 Å². The zero-order valence-corrected chi connectivity index (χ0v) is 12.3. The SMILES string of the molecule is CCC(=NC(C)(C)C)C(CC)=NC(C)(C)C. The second kappa shape index (κ2) is 5.60. The maximum Gasteiger partial charge on any atom is 0.0562 e. The van der Waals surface area contributed by atoms with Crippen LogP contribution in [0.1, 0.15) is 68.2 Å². The summed E-state index contributed by atoms with van der Waals surface area (Å²) in [4.78, 5) is 9.54. The maximum atomic E-state index is 4.77. The van der Waals surface area contributed by atoms with Gasteiger partial charge in [-0.1, -0.05) is 13.8 Å². The van der Waals surface area contributed by atoms with Crippen molar-refractivity contribution in [1.82, 2.24) is 0 Å². The third kappa shape index (κ3) is 6.76. The first-order valence-corrected chi connectivity index (χ1v) is 6.27. The summed E-state index contributed by atoms with van der Waals surface area (Å²) in [6.07, 6.45) is 1.92. The lowest BCUT2D eigenvalue weighted by Gasteiger charge is -2.19. The molecule has 0 unspecified atom stereocenters. The van der Waals surface area contributed by atoms with E-state index in [0.717, 1.165) is 24.3 Å². The Bertz CT molecular complexity index is 242. The molecular weight excluding hydrogens is 196 g/mol. The predicted octanol–water partition coefficient (Wildman–Crippen LogP) is 4.29. The van der Waals surface area contributed by atoms with Gasteiger partial charge in [-0.25, -0.2) is 0 Å². The lowest BCUT2D eigenvalue weighted by molar-refractivity contribution is 0.576. The van der Waals surface area contributed by atoms with Crippen molar-refractivity contribution < 1.29 is 0 Å². The highest BCUT2D eigenvalue weighted by atomic mass is 14.9. The van der Waals surface area contributed by atoms with Crippen LogP contribution in [0.2, 0.25) is 0 Å². The van der Waals surface area contributed by atoms with Crippen LogP contribution in [0.4, 0.5) is 0 Å². The standard InChI is InChI=1S/C14H28N2/c1-9-11(15-13(3,4)5)12(10-2)16-14(6,7)8/h9-10H2,1-8H3. The van der Waals surface area contributed by atoms with E-state index in [1.807, 2.05) is 0 Å². The Morgan fingerprint density at radius 2 is 0.938 bits per heavy atom. The van der Waals surface area contributed by atoms with E-state index in [9.17, 15) is 0 Å². The van der Waals surface area contributed by atoms with Crippen molar-refractivity contribution in [2.45, 2.75) is 79.3 Å². The van der Waals surface area contributed by atoms with Gasteiger partial charge in [0.15, 0.2) is 0 Å². The van der Waals surface area contributed by atoms with Gasteiger partial charge in [-0.15, -0.1) is 0 Å². The smallest absolute Gasteiger partial charge is 0.0562 e. The highest BCUT2D eigenvalue weighted by Gasteiger charge is 2.15. The van der Waals surface area contributed by atoms with E-state index in [-0.39, 0.29) is 11.1 Å². The molecule has 0 heterocycles. The summed E-state index contributed by atoms with van der Waals surface area (Å²) in [5.41, 5.74) is 2.29. The molecule has 0 aromatic carbocycles. The van der Waals surface area contributed by atoms with Crippen molar-refractivity contribution in [3.8, 4) is 0 Å². The zero-order chi connectivity index (χ0) is 13.0. The number of rotatable bonds is 3. The Kier molecular flexibility index (Phi) is 5.37. The van der Waals surface area contributed by atoms with Crippen molar-refractivity contribution in [2.75, 3.05) is 0 Å². The first kappa shape index (κ1) is 15.3. The molecule has 0 bridgehead atoms. The minimum absolute atomic E-state index is 0.0147. The second-order valence-corrected chi connectivity index (χ2v) is 6.17. The molecule has 0 atom stereocenters. The van der Waals surface area contributed by atoms with E-state index in [1.54, 1.807) is 0 Å². The molecule has 16 heavy (non-hydrogen) atoms. The summed E-state index contributed by atoms with van der Waals surface area (Å²) in [5, 5.41) is 0. The molecular formula is C14H28N2. The van der Waals surface area contributed by atoms with Gasteiger partial charge in [0.25, 0.3) is 0 Å². The van der Waals surface area contributed by atoms with Crippen LogP contribution < -0.4 is 0 Å².